The third-order valence-electron chi connectivity index (χ3n) is 2.68. The molecule has 0 bridgehead atoms. The zero-order valence-electron chi connectivity index (χ0n) is 9.46. The smallest absolute Gasteiger partial charge is 0.269 e. The largest absolute Gasteiger partial charge is 0.399 e. The van der Waals surface area contributed by atoms with Gasteiger partial charge < -0.3 is 5.73 Å². The van der Waals surface area contributed by atoms with Gasteiger partial charge in [-0.25, -0.2) is 12.7 Å². The Hall–Kier alpha value is -2.07. The number of anilines is 1. The lowest BCUT2D eigenvalue weighted by Crippen LogP contribution is -2.30. The van der Waals surface area contributed by atoms with E-state index in [1.807, 2.05) is 6.07 Å². The summed E-state index contributed by atoms with van der Waals surface area (Å²) >= 11 is 0. The molecule has 1 aliphatic heterocycles. The Morgan fingerprint density at radius 3 is 2.78 bits per heavy atom. The van der Waals surface area contributed by atoms with Gasteiger partial charge in [0.25, 0.3) is 15.9 Å². The van der Waals surface area contributed by atoms with E-state index in [0.717, 1.165) is 4.31 Å². The van der Waals surface area contributed by atoms with E-state index in [9.17, 15) is 13.2 Å². The summed E-state index contributed by atoms with van der Waals surface area (Å²) in [5.41, 5.74) is 5.99. The van der Waals surface area contributed by atoms with E-state index in [1.54, 1.807) is 0 Å². The Balaban J connectivity index is 2.39. The van der Waals surface area contributed by atoms with Crippen molar-refractivity contribution in [3.05, 3.63) is 23.8 Å². The number of nitrogen functional groups attached to an aromatic ring is 1. The van der Waals surface area contributed by atoms with E-state index in [2.05, 4.69) is 0 Å². The third-order valence-corrected chi connectivity index (χ3v) is 4.52. The molecule has 1 amide bonds. The van der Waals surface area contributed by atoms with E-state index in [-0.39, 0.29) is 23.4 Å². The molecule has 0 saturated carbocycles. The number of fused-ring (bicyclic) bond motifs is 1. The Morgan fingerprint density at radius 2 is 2.11 bits per heavy atom. The molecule has 0 aliphatic carbocycles. The summed E-state index contributed by atoms with van der Waals surface area (Å²) in [6.07, 6.45) is 0.530. The number of sulfonamides is 1. The molecule has 0 fully saturated rings. The van der Waals surface area contributed by atoms with Crippen LogP contribution in [0, 0.1) is 11.3 Å². The van der Waals surface area contributed by atoms with Crippen LogP contribution >= 0.6 is 0 Å². The van der Waals surface area contributed by atoms with E-state index in [1.165, 1.54) is 18.2 Å². The van der Waals surface area contributed by atoms with Crippen LogP contribution in [-0.2, 0) is 10.0 Å². The van der Waals surface area contributed by atoms with Crippen molar-refractivity contribution in [1.29, 1.82) is 5.26 Å². The summed E-state index contributed by atoms with van der Waals surface area (Å²) in [5.74, 6) is -0.574. The topological polar surface area (TPSA) is 104 Å². The lowest BCUT2D eigenvalue weighted by Gasteiger charge is -2.13. The third kappa shape index (κ3) is 1.80. The summed E-state index contributed by atoms with van der Waals surface area (Å²) in [6.45, 7) is 0.0172. The van der Waals surface area contributed by atoms with Crippen molar-refractivity contribution < 1.29 is 13.2 Å². The number of carbonyl (C=O) groups is 1. The molecule has 0 aromatic heterocycles. The first-order valence-electron chi connectivity index (χ1n) is 5.32. The summed E-state index contributed by atoms with van der Waals surface area (Å²) in [4.78, 5) is 12.0. The van der Waals surface area contributed by atoms with Crippen LogP contribution in [-0.4, -0.2) is 25.2 Å². The number of hydrogen-bond acceptors (Lipinski definition) is 5. The number of nitrogens with two attached hydrogens (primary N) is 1. The molecule has 1 aliphatic rings. The highest BCUT2D eigenvalue weighted by atomic mass is 32.2. The molecule has 2 N–H and O–H groups in total. The first-order chi connectivity index (χ1) is 8.48. The summed E-state index contributed by atoms with van der Waals surface area (Å²) in [6, 6.07) is 6.05. The van der Waals surface area contributed by atoms with Gasteiger partial charge in [-0.05, 0) is 24.6 Å². The van der Waals surface area contributed by atoms with Crippen LogP contribution in [0.1, 0.15) is 23.2 Å². The van der Waals surface area contributed by atoms with Gasteiger partial charge in [-0.15, -0.1) is 0 Å². The average molecular weight is 265 g/mol. The number of amides is 1. The predicted octanol–water partition coefficient (Wildman–Crippen LogP) is 0.717. The molecule has 2 rings (SSSR count). The number of nitriles is 1. The number of carbonyl (C=O) groups excluding carboxylic acids is 1. The van der Waals surface area contributed by atoms with Crippen LogP contribution in [0.25, 0.3) is 0 Å². The molecule has 1 aromatic rings. The van der Waals surface area contributed by atoms with Crippen molar-refractivity contribution in [2.45, 2.75) is 17.7 Å². The number of rotatable bonds is 3. The number of hydrogen-bond donors (Lipinski definition) is 1. The molecule has 6 nitrogen and oxygen atoms in total. The summed E-state index contributed by atoms with van der Waals surface area (Å²) in [5, 5.41) is 8.43. The first-order valence-corrected chi connectivity index (χ1v) is 6.76. The number of nitrogens with zero attached hydrogens (tertiary/aromatic N) is 2. The lowest BCUT2D eigenvalue weighted by molar-refractivity contribution is 0.0870. The maximum Gasteiger partial charge on any atom is 0.269 e. The van der Waals surface area contributed by atoms with E-state index in [4.69, 9.17) is 11.0 Å². The maximum atomic E-state index is 12.1. The van der Waals surface area contributed by atoms with Crippen molar-refractivity contribution >= 4 is 21.6 Å². The maximum absolute atomic E-state index is 12.1. The van der Waals surface area contributed by atoms with E-state index in [0.29, 0.717) is 12.1 Å². The van der Waals surface area contributed by atoms with Crippen molar-refractivity contribution in [2.75, 3.05) is 12.3 Å². The molecule has 0 spiro atoms. The van der Waals surface area contributed by atoms with Crippen LogP contribution in [0.3, 0.4) is 0 Å². The van der Waals surface area contributed by atoms with Gasteiger partial charge >= 0.3 is 0 Å². The zero-order chi connectivity index (χ0) is 13.3. The fourth-order valence-corrected chi connectivity index (χ4v) is 3.41. The van der Waals surface area contributed by atoms with Gasteiger partial charge in [0.15, 0.2) is 0 Å². The standard InChI is InChI=1S/C11H11N3O3S/c12-5-1-2-6-14-11(15)9-7-8(13)3-4-10(9)18(14,16)17/h3-4,7H,1-2,6,13H2. The summed E-state index contributed by atoms with van der Waals surface area (Å²) in [7, 11) is -3.77. The molecule has 0 radical (unpaired) electrons. The highest BCUT2D eigenvalue weighted by Crippen LogP contribution is 2.31. The second-order valence-electron chi connectivity index (χ2n) is 3.90. The fraction of sp³-hybridized carbons (Fsp3) is 0.273. The molecule has 0 saturated heterocycles. The Bertz CT molecular complexity index is 646. The normalized spacial score (nSPS) is 16.4. The molecule has 7 heteroatoms. The monoisotopic (exact) mass is 265 g/mol. The molecule has 18 heavy (non-hydrogen) atoms. The zero-order valence-corrected chi connectivity index (χ0v) is 10.3. The lowest BCUT2D eigenvalue weighted by atomic mass is 10.2. The minimum absolute atomic E-state index is 0.0151. The fourth-order valence-electron chi connectivity index (χ4n) is 1.83. The van der Waals surface area contributed by atoms with Crippen LogP contribution in [0.15, 0.2) is 23.1 Å². The number of benzene rings is 1. The van der Waals surface area contributed by atoms with E-state index < -0.39 is 15.9 Å². The van der Waals surface area contributed by atoms with Crippen molar-refractivity contribution in [3.8, 4) is 6.07 Å². The van der Waals surface area contributed by atoms with Gasteiger partial charge in [-0.3, -0.25) is 4.79 Å². The Morgan fingerprint density at radius 1 is 1.39 bits per heavy atom. The average Bonchev–Trinajstić information content (AvgIpc) is 2.50. The second kappa shape index (κ2) is 4.31. The Labute approximate surface area is 105 Å². The molecular weight excluding hydrogens is 254 g/mol. The van der Waals surface area contributed by atoms with Crippen LogP contribution in [0.5, 0.6) is 0 Å². The first kappa shape index (κ1) is 12.4. The van der Waals surface area contributed by atoms with Gasteiger partial charge in [0.1, 0.15) is 4.90 Å². The van der Waals surface area contributed by atoms with Gasteiger partial charge in [0.2, 0.25) is 0 Å². The van der Waals surface area contributed by atoms with Crippen molar-refractivity contribution in [1.82, 2.24) is 4.31 Å². The van der Waals surface area contributed by atoms with Gasteiger partial charge in [0, 0.05) is 18.7 Å². The molecule has 1 heterocycles. The molecule has 1 aromatic carbocycles. The van der Waals surface area contributed by atoms with Gasteiger partial charge in [-0.1, -0.05) is 0 Å². The van der Waals surface area contributed by atoms with E-state index >= 15 is 0 Å². The van der Waals surface area contributed by atoms with Crippen LogP contribution in [0.4, 0.5) is 5.69 Å². The highest BCUT2D eigenvalue weighted by Gasteiger charge is 2.40. The highest BCUT2D eigenvalue weighted by molar-refractivity contribution is 7.90. The predicted molar refractivity (Wildman–Crippen MR) is 63.9 cm³/mol. The molecule has 0 atom stereocenters. The van der Waals surface area contributed by atoms with Crippen LogP contribution in [0.2, 0.25) is 0 Å². The molecular formula is C11H11N3O3S. The SMILES string of the molecule is N#CCCCN1C(=O)c2cc(N)ccc2S1(=O)=O. The molecule has 94 valence electrons. The van der Waals surface area contributed by atoms with Crippen molar-refractivity contribution in [2.24, 2.45) is 0 Å². The summed E-state index contributed by atoms with van der Waals surface area (Å²) < 4.78 is 25.0. The minimum atomic E-state index is -3.77. The quantitative estimate of drug-likeness (QED) is 0.640. The van der Waals surface area contributed by atoms with Gasteiger partial charge in [-0.2, -0.15) is 5.26 Å². The van der Waals surface area contributed by atoms with Crippen LogP contribution < -0.4 is 5.73 Å². The second-order valence-corrected chi connectivity index (χ2v) is 5.73. The van der Waals surface area contributed by atoms with Gasteiger partial charge in [0.05, 0.1) is 11.6 Å². The Kier molecular flexibility index (Phi) is 2.97. The van der Waals surface area contributed by atoms with Crippen molar-refractivity contribution in [3.63, 3.8) is 0 Å². The number of unbranched alkanes of at least 4 members (excludes halogenated alkanes) is 1. The minimum Gasteiger partial charge on any atom is -0.399 e. The molecule has 0 unspecified atom stereocenters.